The maximum atomic E-state index is 12.9. The van der Waals surface area contributed by atoms with Gasteiger partial charge in [-0.15, -0.1) is 0 Å². The zero-order valence-electron chi connectivity index (χ0n) is 16.5. The number of ether oxygens (including phenoxy) is 2. The van der Waals surface area contributed by atoms with Gasteiger partial charge in [0.1, 0.15) is 17.0 Å². The normalized spacial score (nSPS) is 20.3. The average molecular weight is 394 g/mol. The highest BCUT2D eigenvalue weighted by molar-refractivity contribution is 8.00. The third kappa shape index (κ3) is 5.73. The first-order chi connectivity index (χ1) is 12.6. The van der Waals surface area contributed by atoms with Crippen molar-refractivity contribution in [1.29, 1.82) is 0 Å². The second kappa shape index (κ2) is 8.78. The first-order valence-electron chi connectivity index (χ1n) is 9.06. The number of carbonyl (C=O) groups excluding carboxylic acids is 3. The SMILES string of the molecule is CCOC(=O)[C@@H]1CCC(=O)[C@H](Sc2cccc(C)c2)N1C(=O)OC(C)(C)C. The second-order valence-corrected chi connectivity index (χ2v) is 8.60. The number of hydrogen-bond acceptors (Lipinski definition) is 6. The number of aryl methyl sites for hydroxylation is 1. The van der Waals surface area contributed by atoms with Crippen LogP contribution in [0.3, 0.4) is 0 Å². The molecule has 1 heterocycles. The molecule has 2 atom stereocenters. The predicted molar refractivity (Wildman–Crippen MR) is 104 cm³/mol. The van der Waals surface area contributed by atoms with E-state index in [0.717, 1.165) is 10.5 Å². The molecule has 1 aromatic rings. The Hall–Kier alpha value is -2.02. The first-order valence-corrected chi connectivity index (χ1v) is 9.94. The molecular weight excluding hydrogens is 366 g/mol. The Morgan fingerprint density at radius 1 is 1.30 bits per heavy atom. The Kier molecular flexibility index (Phi) is 6.92. The van der Waals surface area contributed by atoms with E-state index in [4.69, 9.17) is 9.47 Å². The van der Waals surface area contributed by atoms with E-state index in [1.165, 1.54) is 16.7 Å². The van der Waals surface area contributed by atoms with E-state index in [0.29, 0.717) is 0 Å². The van der Waals surface area contributed by atoms with Crippen LogP contribution in [0.25, 0.3) is 0 Å². The zero-order chi connectivity index (χ0) is 20.2. The van der Waals surface area contributed by atoms with Gasteiger partial charge < -0.3 is 9.47 Å². The highest BCUT2D eigenvalue weighted by atomic mass is 32.2. The Morgan fingerprint density at radius 3 is 2.59 bits per heavy atom. The fraction of sp³-hybridized carbons (Fsp3) is 0.550. The van der Waals surface area contributed by atoms with Crippen molar-refractivity contribution >= 4 is 29.6 Å². The molecular formula is C20H27NO5S. The van der Waals surface area contributed by atoms with Gasteiger partial charge in [-0.2, -0.15) is 0 Å². The number of likely N-dealkylation sites (tertiary alicyclic amines) is 1. The molecule has 0 spiro atoms. The summed E-state index contributed by atoms with van der Waals surface area (Å²) in [5, 5.41) is -0.829. The molecule has 1 amide bonds. The minimum atomic E-state index is -0.834. The number of ketones is 1. The van der Waals surface area contributed by atoms with Gasteiger partial charge in [-0.3, -0.25) is 9.69 Å². The van der Waals surface area contributed by atoms with Crippen LogP contribution in [0.1, 0.15) is 46.1 Å². The number of benzene rings is 1. The summed E-state index contributed by atoms with van der Waals surface area (Å²) in [6.07, 6.45) is -0.229. The van der Waals surface area contributed by atoms with E-state index in [1.54, 1.807) is 27.7 Å². The van der Waals surface area contributed by atoms with E-state index in [1.807, 2.05) is 31.2 Å². The fourth-order valence-electron chi connectivity index (χ4n) is 2.81. The van der Waals surface area contributed by atoms with Crippen LogP contribution in [0.5, 0.6) is 0 Å². The number of thioether (sulfide) groups is 1. The van der Waals surface area contributed by atoms with Gasteiger partial charge in [-0.25, -0.2) is 9.59 Å². The lowest BCUT2D eigenvalue weighted by molar-refractivity contribution is -0.152. The second-order valence-electron chi connectivity index (χ2n) is 7.45. The van der Waals surface area contributed by atoms with Crippen LogP contribution in [0.15, 0.2) is 29.2 Å². The van der Waals surface area contributed by atoms with Crippen molar-refractivity contribution in [1.82, 2.24) is 4.90 Å². The van der Waals surface area contributed by atoms with Gasteiger partial charge in [0, 0.05) is 11.3 Å². The van der Waals surface area contributed by atoms with Crippen LogP contribution in [0, 0.1) is 6.92 Å². The quantitative estimate of drug-likeness (QED) is 0.722. The zero-order valence-corrected chi connectivity index (χ0v) is 17.3. The molecule has 1 aliphatic heterocycles. The van der Waals surface area contributed by atoms with E-state index >= 15 is 0 Å². The molecule has 0 bridgehead atoms. The third-order valence-electron chi connectivity index (χ3n) is 3.93. The van der Waals surface area contributed by atoms with Crippen LogP contribution in [-0.4, -0.2) is 46.4 Å². The fourth-order valence-corrected chi connectivity index (χ4v) is 4.07. The molecule has 1 aliphatic rings. The molecule has 1 saturated heterocycles. The molecule has 27 heavy (non-hydrogen) atoms. The number of nitrogens with zero attached hydrogens (tertiary/aromatic N) is 1. The highest BCUT2D eigenvalue weighted by Crippen LogP contribution is 2.35. The Balaban J connectivity index is 2.36. The van der Waals surface area contributed by atoms with Crippen molar-refractivity contribution in [2.24, 2.45) is 0 Å². The molecule has 1 aromatic carbocycles. The molecule has 0 radical (unpaired) electrons. The number of Topliss-reactive ketones (excluding diaryl/α,β-unsaturated/α-hetero) is 1. The number of hydrogen-bond donors (Lipinski definition) is 0. The molecule has 1 fully saturated rings. The lowest BCUT2D eigenvalue weighted by Gasteiger charge is -2.39. The predicted octanol–water partition coefficient (Wildman–Crippen LogP) is 3.94. The number of rotatable bonds is 4. The van der Waals surface area contributed by atoms with E-state index in [-0.39, 0.29) is 25.2 Å². The molecule has 148 valence electrons. The first kappa shape index (κ1) is 21.3. The van der Waals surface area contributed by atoms with Crippen LogP contribution < -0.4 is 0 Å². The van der Waals surface area contributed by atoms with Gasteiger partial charge in [-0.05, 0) is 53.2 Å². The van der Waals surface area contributed by atoms with E-state index < -0.39 is 29.1 Å². The summed E-state index contributed by atoms with van der Waals surface area (Å²) in [6, 6.07) is 6.84. The van der Waals surface area contributed by atoms with Crippen molar-refractivity contribution in [3.63, 3.8) is 0 Å². The monoisotopic (exact) mass is 393 g/mol. The summed E-state index contributed by atoms with van der Waals surface area (Å²) in [5.74, 6) is -0.612. The summed E-state index contributed by atoms with van der Waals surface area (Å²) in [4.78, 5) is 40.1. The molecule has 0 N–H and O–H groups in total. The smallest absolute Gasteiger partial charge is 0.412 e. The van der Waals surface area contributed by atoms with Crippen LogP contribution in [-0.2, 0) is 19.1 Å². The number of carbonyl (C=O) groups is 3. The summed E-state index contributed by atoms with van der Waals surface area (Å²) in [5.41, 5.74) is 0.309. The maximum Gasteiger partial charge on any atom is 0.412 e. The van der Waals surface area contributed by atoms with Crippen molar-refractivity contribution in [2.75, 3.05) is 6.61 Å². The number of piperidine rings is 1. The third-order valence-corrected chi connectivity index (χ3v) is 5.17. The summed E-state index contributed by atoms with van der Waals surface area (Å²) >= 11 is 1.26. The van der Waals surface area contributed by atoms with E-state index in [9.17, 15) is 14.4 Å². The molecule has 0 saturated carbocycles. The van der Waals surface area contributed by atoms with Crippen molar-refractivity contribution in [3.05, 3.63) is 29.8 Å². The lowest BCUT2D eigenvalue weighted by Crippen LogP contribution is -2.57. The molecule has 2 rings (SSSR count). The van der Waals surface area contributed by atoms with Crippen LogP contribution >= 0.6 is 11.8 Å². The van der Waals surface area contributed by atoms with Gasteiger partial charge in [0.15, 0.2) is 5.78 Å². The van der Waals surface area contributed by atoms with E-state index in [2.05, 4.69) is 0 Å². The van der Waals surface area contributed by atoms with Gasteiger partial charge in [0.2, 0.25) is 0 Å². The summed E-state index contributed by atoms with van der Waals surface area (Å²) in [6.45, 7) is 9.12. The minimum Gasteiger partial charge on any atom is -0.464 e. The topological polar surface area (TPSA) is 72.9 Å². The molecule has 7 heteroatoms. The standard InChI is InChI=1S/C20H27NO5S/c1-6-25-18(23)15-10-11-16(22)17(21(15)19(24)26-20(3,4)5)27-14-9-7-8-13(2)12-14/h7-9,12,15,17H,6,10-11H2,1-5H3/t15-,17-/m0/s1. The largest absolute Gasteiger partial charge is 0.464 e. The highest BCUT2D eigenvalue weighted by Gasteiger charge is 2.45. The molecule has 0 aliphatic carbocycles. The molecule has 0 unspecified atom stereocenters. The van der Waals surface area contributed by atoms with Crippen LogP contribution in [0.2, 0.25) is 0 Å². The number of amides is 1. The molecule has 0 aromatic heterocycles. The maximum absolute atomic E-state index is 12.9. The minimum absolute atomic E-state index is 0.104. The Bertz CT molecular complexity index is 713. The number of esters is 1. The van der Waals surface area contributed by atoms with Crippen LogP contribution in [0.4, 0.5) is 4.79 Å². The Morgan fingerprint density at radius 2 is 2.00 bits per heavy atom. The lowest BCUT2D eigenvalue weighted by atomic mass is 10.0. The van der Waals surface area contributed by atoms with Gasteiger partial charge in [0.05, 0.1) is 6.61 Å². The summed E-state index contributed by atoms with van der Waals surface area (Å²) in [7, 11) is 0. The van der Waals surface area contributed by atoms with Crippen molar-refractivity contribution in [3.8, 4) is 0 Å². The summed E-state index contributed by atoms with van der Waals surface area (Å²) < 4.78 is 10.6. The van der Waals surface area contributed by atoms with Gasteiger partial charge >= 0.3 is 12.1 Å². The van der Waals surface area contributed by atoms with Gasteiger partial charge in [-0.1, -0.05) is 29.5 Å². The van der Waals surface area contributed by atoms with Crippen molar-refractivity contribution in [2.45, 2.75) is 69.4 Å². The van der Waals surface area contributed by atoms with Crippen molar-refractivity contribution < 1.29 is 23.9 Å². The van der Waals surface area contributed by atoms with Gasteiger partial charge in [0.25, 0.3) is 0 Å². The molecule has 6 nitrogen and oxygen atoms in total. The average Bonchev–Trinajstić information content (AvgIpc) is 2.55. The Labute approximate surface area is 164 Å².